The highest BCUT2D eigenvalue weighted by Gasteiger charge is 2.39. The predicted octanol–water partition coefficient (Wildman–Crippen LogP) is 4.98. The maximum absolute atomic E-state index is 14.1. The zero-order valence-corrected chi connectivity index (χ0v) is 22.4. The van der Waals surface area contributed by atoms with E-state index in [9.17, 15) is 55.3 Å². The Labute approximate surface area is 241 Å². The summed E-state index contributed by atoms with van der Waals surface area (Å²) in [7, 11) is 0. The molecule has 43 heavy (non-hydrogen) atoms. The average Bonchev–Trinajstić information content (AvgIpc) is 3.05. The fourth-order valence-electron chi connectivity index (χ4n) is 4.75. The fraction of sp³-hybridized carbons (Fsp3) is 0.429. The molecule has 0 spiro atoms. The molecule has 3 rings (SSSR count). The SMILES string of the molecule is O=C1Nc2c(CO)cccc2C(c2cccc(F)c2)=NC1CNC(=O)C(CCCC(F)(F)F)C(CCC(F)(F)F)C(=O)O. The second-order valence-electron chi connectivity index (χ2n) is 9.95. The summed E-state index contributed by atoms with van der Waals surface area (Å²) in [5.74, 6) is -8.11. The van der Waals surface area contributed by atoms with Crippen molar-refractivity contribution in [2.24, 2.45) is 16.8 Å². The molecule has 1 aliphatic rings. The monoisotopic (exact) mass is 619 g/mol. The lowest BCUT2D eigenvalue weighted by molar-refractivity contribution is -0.155. The molecule has 2 amide bonds. The topological polar surface area (TPSA) is 128 Å². The van der Waals surface area contributed by atoms with E-state index in [1.54, 1.807) is 12.1 Å². The van der Waals surface area contributed by atoms with Crippen LogP contribution in [0.15, 0.2) is 47.5 Å². The van der Waals surface area contributed by atoms with Crippen LogP contribution in [0.2, 0.25) is 0 Å². The summed E-state index contributed by atoms with van der Waals surface area (Å²) in [4.78, 5) is 42.5. The number of rotatable bonds is 12. The van der Waals surface area contributed by atoms with Gasteiger partial charge in [-0.3, -0.25) is 19.4 Å². The average molecular weight is 620 g/mol. The first-order valence-electron chi connectivity index (χ1n) is 13.1. The Morgan fingerprint density at radius 3 is 2.26 bits per heavy atom. The van der Waals surface area contributed by atoms with Gasteiger partial charge in [0.15, 0.2) is 0 Å². The summed E-state index contributed by atoms with van der Waals surface area (Å²) in [5, 5.41) is 24.2. The van der Waals surface area contributed by atoms with E-state index in [1.165, 1.54) is 24.3 Å². The first-order chi connectivity index (χ1) is 20.1. The van der Waals surface area contributed by atoms with Crippen molar-refractivity contribution < 1.29 is 55.3 Å². The van der Waals surface area contributed by atoms with Crippen molar-refractivity contribution in [3.8, 4) is 0 Å². The van der Waals surface area contributed by atoms with Gasteiger partial charge < -0.3 is 20.8 Å². The molecule has 4 N–H and O–H groups in total. The molecule has 2 aromatic carbocycles. The molecule has 8 nitrogen and oxygen atoms in total. The lowest BCUT2D eigenvalue weighted by Crippen LogP contribution is -2.44. The number of benzene rings is 2. The number of amides is 2. The molecule has 1 heterocycles. The lowest BCUT2D eigenvalue weighted by Gasteiger charge is -2.25. The van der Waals surface area contributed by atoms with E-state index in [1.807, 2.05) is 0 Å². The van der Waals surface area contributed by atoms with Gasteiger partial charge in [-0.1, -0.05) is 30.3 Å². The van der Waals surface area contributed by atoms with E-state index in [-0.39, 0.29) is 17.0 Å². The molecule has 0 aromatic heterocycles. The number of carboxylic acids is 1. The minimum Gasteiger partial charge on any atom is -0.481 e. The molecule has 0 fully saturated rings. The van der Waals surface area contributed by atoms with E-state index < -0.39 is 99.1 Å². The van der Waals surface area contributed by atoms with Gasteiger partial charge in [-0.15, -0.1) is 0 Å². The van der Waals surface area contributed by atoms with Crippen LogP contribution in [0, 0.1) is 17.7 Å². The molecule has 2 aromatic rings. The normalized spacial score (nSPS) is 16.8. The van der Waals surface area contributed by atoms with E-state index in [0.29, 0.717) is 11.1 Å². The molecule has 0 saturated carbocycles. The van der Waals surface area contributed by atoms with Gasteiger partial charge in [-0.05, 0) is 31.4 Å². The number of halogens is 7. The molecule has 0 saturated heterocycles. The van der Waals surface area contributed by atoms with Crippen molar-refractivity contribution in [3.63, 3.8) is 0 Å². The van der Waals surface area contributed by atoms with Crippen LogP contribution in [0.25, 0.3) is 0 Å². The third-order valence-electron chi connectivity index (χ3n) is 6.83. The molecule has 3 unspecified atom stereocenters. The molecule has 0 radical (unpaired) electrons. The number of alkyl halides is 6. The Bertz CT molecular complexity index is 1360. The number of carbonyl (C=O) groups excluding carboxylic acids is 2. The number of benzodiazepines with no additional fused rings is 1. The Morgan fingerprint density at radius 1 is 0.977 bits per heavy atom. The minimum absolute atomic E-state index is 0.0951. The number of aliphatic carboxylic acids is 1. The van der Waals surface area contributed by atoms with Gasteiger partial charge in [0, 0.05) is 36.1 Å². The number of aliphatic hydroxyl groups is 1. The van der Waals surface area contributed by atoms with Crippen LogP contribution >= 0.6 is 0 Å². The van der Waals surface area contributed by atoms with Gasteiger partial charge in [-0.25, -0.2) is 4.39 Å². The van der Waals surface area contributed by atoms with E-state index in [4.69, 9.17) is 0 Å². The number of carbonyl (C=O) groups is 3. The third kappa shape index (κ3) is 9.49. The Kier molecular flexibility index (Phi) is 10.9. The molecule has 0 bridgehead atoms. The predicted molar refractivity (Wildman–Crippen MR) is 140 cm³/mol. The van der Waals surface area contributed by atoms with Crippen molar-refractivity contribution in [3.05, 3.63) is 65.0 Å². The second-order valence-corrected chi connectivity index (χ2v) is 9.95. The zero-order chi connectivity index (χ0) is 31.9. The molecule has 15 heteroatoms. The minimum atomic E-state index is -4.77. The summed E-state index contributed by atoms with van der Waals surface area (Å²) in [6, 6.07) is 8.38. The summed E-state index contributed by atoms with van der Waals surface area (Å²) in [5.41, 5.74) is 1.08. The largest absolute Gasteiger partial charge is 0.481 e. The van der Waals surface area contributed by atoms with E-state index >= 15 is 0 Å². The quantitative estimate of drug-likeness (QED) is 0.249. The summed E-state index contributed by atoms with van der Waals surface area (Å²) in [6.45, 7) is -1.11. The van der Waals surface area contributed by atoms with Crippen LogP contribution < -0.4 is 10.6 Å². The lowest BCUT2D eigenvalue weighted by atomic mass is 9.83. The molecule has 0 aliphatic carbocycles. The van der Waals surface area contributed by atoms with Crippen LogP contribution in [0.4, 0.5) is 36.4 Å². The number of hydrogen-bond donors (Lipinski definition) is 4. The molecular weight excluding hydrogens is 591 g/mol. The van der Waals surface area contributed by atoms with Crippen LogP contribution in [0.5, 0.6) is 0 Å². The smallest absolute Gasteiger partial charge is 0.389 e. The highest BCUT2D eigenvalue weighted by atomic mass is 19.4. The Balaban J connectivity index is 1.92. The van der Waals surface area contributed by atoms with E-state index in [0.717, 1.165) is 6.07 Å². The van der Waals surface area contributed by atoms with Gasteiger partial charge in [0.05, 0.1) is 29.8 Å². The molecule has 3 atom stereocenters. The third-order valence-corrected chi connectivity index (χ3v) is 6.83. The zero-order valence-electron chi connectivity index (χ0n) is 22.4. The molecule has 234 valence electrons. The number of anilines is 1. The maximum Gasteiger partial charge on any atom is 0.389 e. The number of para-hydroxylation sites is 1. The van der Waals surface area contributed by atoms with Crippen LogP contribution in [-0.2, 0) is 21.0 Å². The number of nitrogens with one attached hydrogen (secondary N) is 2. The van der Waals surface area contributed by atoms with Crippen molar-refractivity contribution in [1.29, 1.82) is 0 Å². The Hall–Kier alpha value is -4.01. The van der Waals surface area contributed by atoms with Gasteiger partial charge >= 0.3 is 18.3 Å². The van der Waals surface area contributed by atoms with Gasteiger partial charge in [0.25, 0.3) is 5.91 Å². The second kappa shape index (κ2) is 14.0. The highest BCUT2D eigenvalue weighted by molar-refractivity contribution is 6.20. The summed E-state index contributed by atoms with van der Waals surface area (Å²) >= 11 is 0. The molecular formula is C28H28F7N3O5. The number of nitrogens with zero attached hydrogens (tertiary/aromatic N) is 1. The van der Waals surface area contributed by atoms with Crippen molar-refractivity contribution in [1.82, 2.24) is 5.32 Å². The standard InChI is InChI=1S/C28H28F7N3O5/c29-17-6-1-4-15(12-17)22-20-7-2-5-16(14-39)23(20)38-25(41)21(37-22)13-36-24(40)18(8-3-10-27(30,31)32)19(26(42)43)9-11-28(33,34)35/h1-2,4-7,12,18-19,21,39H,3,8-11,13-14H2,(H,36,40)(H,38,41)(H,42,43). The first-order valence-corrected chi connectivity index (χ1v) is 13.1. The van der Waals surface area contributed by atoms with Crippen LogP contribution in [0.3, 0.4) is 0 Å². The first kappa shape index (κ1) is 33.5. The maximum atomic E-state index is 14.1. The van der Waals surface area contributed by atoms with Crippen molar-refractivity contribution in [2.75, 3.05) is 11.9 Å². The van der Waals surface area contributed by atoms with Crippen LogP contribution in [-0.4, -0.2) is 58.6 Å². The number of fused-ring (bicyclic) bond motifs is 1. The van der Waals surface area contributed by atoms with Gasteiger partial charge in [0.2, 0.25) is 5.91 Å². The number of aliphatic hydroxyl groups excluding tert-OH is 1. The molecule has 1 aliphatic heterocycles. The fourth-order valence-corrected chi connectivity index (χ4v) is 4.75. The van der Waals surface area contributed by atoms with E-state index in [2.05, 4.69) is 15.6 Å². The summed E-state index contributed by atoms with van der Waals surface area (Å²) < 4.78 is 90.9. The van der Waals surface area contributed by atoms with Gasteiger partial charge in [0.1, 0.15) is 11.9 Å². The number of hydrogen-bond acceptors (Lipinski definition) is 5. The van der Waals surface area contributed by atoms with Crippen molar-refractivity contribution >= 4 is 29.2 Å². The summed E-state index contributed by atoms with van der Waals surface area (Å²) in [6.07, 6.45) is -14.8. The number of aliphatic imine (C=N–C) groups is 1. The highest BCUT2D eigenvalue weighted by Crippen LogP contribution is 2.32. The Morgan fingerprint density at radius 2 is 1.65 bits per heavy atom. The van der Waals surface area contributed by atoms with Crippen LogP contribution in [0.1, 0.15) is 48.8 Å². The van der Waals surface area contributed by atoms with Gasteiger partial charge in [-0.2, -0.15) is 26.3 Å². The van der Waals surface area contributed by atoms with Crippen molar-refractivity contribution in [2.45, 2.75) is 57.1 Å². The number of carboxylic acid groups (broad SMARTS) is 1.